The van der Waals surface area contributed by atoms with E-state index in [1.54, 1.807) is 0 Å². The third-order valence-corrected chi connectivity index (χ3v) is 4.04. The second kappa shape index (κ2) is 5.50. The van der Waals surface area contributed by atoms with Gasteiger partial charge in [-0.2, -0.15) is 11.5 Å². The van der Waals surface area contributed by atoms with Gasteiger partial charge in [-0.25, -0.2) is 0 Å². The standard InChI is InChI=1S/C15H21BClN/c1-11(2)18(12(3)4)16(17)15-10-9-13-7-5-6-8-14(13)15/h5-8,10-12H,9H2,1-4H3. The van der Waals surface area contributed by atoms with Crippen LogP contribution in [0.1, 0.15) is 38.8 Å². The summed E-state index contributed by atoms with van der Waals surface area (Å²) in [6, 6.07) is 9.46. The largest absolute Gasteiger partial charge is 0.365 e. The Morgan fingerprint density at radius 2 is 1.72 bits per heavy atom. The lowest BCUT2D eigenvalue weighted by Gasteiger charge is -2.34. The van der Waals surface area contributed by atoms with Gasteiger partial charge >= 0.3 is 6.26 Å². The molecule has 0 radical (unpaired) electrons. The highest BCUT2D eigenvalue weighted by molar-refractivity contribution is 7.15. The number of nitrogens with zero attached hydrogens (tertiary/aromatic N) is 1. The van der Waals surface area contributed by atoms with Crippen molar-refractivity contribution in [1.82, 2.24) is 4.81 Å². The maximum atomic E-state index is 6.73. The van der Waals surface area contributed by atoms with Crippen LogP contribution in [-0.2, 0) is 6.42 Å². The fourth-order valence-corrected chi connectivity index (χ4v) is 3.47. The summed E-state index contributed by atoms with van der Waals surface area (Å²) in [6.07, 6.45) is 3.26. The second-order valence-electron chi connectivity index (χ2n) is 5.49. The van der Waals surface area contributed by atoms with Gasteiger partial charge in [-0.3, -0.25) is 0 Å². The van der Waals surface area contributed by atoms with E-state index in [2.05, 4.69) is 62.8 Å². The van der Waals surface area contributed by atoms with Gasteiger partial charge in [0.25, 0.3) is 0 Å². The first kappa shape index (κ1) is 13.7. The van der Waals surface area contributed by atoms with Crippen LogP contribution in [0.2, 0.25) is 0 Å². The second-order valence-corrected chi connectivity index (χ2v) is 5.90. The molecule has 0 amide bonds. The van der Waals surface area contributed by atoms with Crippen LogP contribution in [0.4, 0.5) is 0 Å². The van der Waals surface area contributed by atoms with Crippen LogP contribution in [0.3, 0.4) is 0 Å². The number of rotatable bonds is 4. The van der Waals surface area contributed by atoms with Gasteiger partial charge in [0.15, 0.2) is 0 Å². The van der Waals surface area contributed by atoms with Crippen molar-refractivity contribution in [3.05, 3.63) is 41.5 Å². The smallest absolute Gasteiger partial charge is 0.320 e. The molecule has 18 heavy (non-hydrogen) atoms. The monoisotopic (exact) mass is 261 g/mol. The van der Waals surface area contributed by atoms with Gasteiger partial charge in [-0.15, -0.1) is 0 Å². The molecule has 1 aliphatic carbocycles. The first-order valence-electron chi connectivity index (χ1n) is 6.72. The van der Waals surface area contributed by atoms with Crippen LogP contribution in [0, 0.1) is 0 Å². The Kier molecular flexibility index (Phi) is 4.19. The first-order valence-corrected chi connectivity index (χ1v) is 7.16. The fourth-order valence-electron chi connectivity index (χ4n) is 2.82. The Hall–Kier alpha value is -0.725. The van der Waals surface area contributed by atoms with E-state index in [1.165, 1.54) is 16.6 Å². The molecule has 0 heterocycles. The SMILES string of the molecule is CC(C)N(B(Cl)C1=CCc2ccccc21)C(C)C. The summed E-state index contributed by atoms with van der Waals surface area (Å²) < 4.78 is 0. The van der Waals surface area contributed by atoms with Gasteiger partial charge in [0.05, 0.1) is 0 Å². The summed E-state index contributed by atoms with van der Waals surface area (Å²) in [7, 11) is 0. The van der Waals surface area contributed by atoms with Crippen molar-refractivity contribution < 1.29 is 0 Å². The Morgan fingerprint density at radius 3 is 2.33 bits per heavy atom. The summed E-state index contributed by atoms with van der Waals surface area (Å²) in [5, 5.41) is 0. The van der Waals surface area contributed by atoms with Crippen molar-refractivity contribution in [3.63, 3.8) is 0 Å². The van der Waals surface area contributed by atoms with Crippen LogP contribution in [0.5, 0.6) is 0 Å². The molecule has 1 nitrogen and oxygen atoms in total. The molecule has 0 bridgehead atoms. The fraction of sp³-hybridized carbons (Fsp3) is 0.467. The van der Waals surface area contributed by atoms with Gasteiger partial charge in [0, 0.05) is 0 Å². The normalized spacial score (nSPS) is 14.3. The van der Waals surface area contributed by atoms with E-state index in [4.69, 9.17) is 11.5 Å². The zero-order valence-electron chi connectivity index (χ0n) is 11.7. The molecule has 0 atom stereocenters. The van der Waals surface area contributed by atoms with Gasteiger partial charge in [-0.1, -0.05) is 58.0 Å². The molecule has 2 rings (SSSR count). The quantitative estimate of drug-likeness (QED) is 0.740. The highest BCUT2D eigenvalue weighted by Gasteiger charge is 2.32. The first-order chi connectivity index (χ1) is 8.52. The molecule has 0 aromatic heterocycles. The van der Waals surface area contributed by atoms with Crippen molar-refractivity contribution in [1.29, 1.82) is 0 Å². The van der Waals surface area contributed by atoms with E-state index < -0.39 is 0 Å². The maximum Gasteiger partial charge on any atom is 0.365 e. The summed E-state index contributed by atoms with van der Waals surface area (Å²) >= 11 is 6.73. The van der Waals surface area contributed by atoms with Gasteiger partial charge in [0.1, 0.15) is 0 Å². The third-order valence-electron chi connectivity index (χ3n) is 3.58. The number of hydrogen-bond acceptors (Lipinski definition) is 1. The Morgan fingerprint density at radius 1 is 1.11 bits per heavy atom. The minimum atomic E-state index is -0.0337. The van der Waals surface area contributed by atoms with Gasteiger partial charge in [0.2, 0.25) is 0 Å². The predicted octanol–water partition coefficient (Wildman–Crippen LogP) is 4.01. The summed E-state index contributed by atoms with van der Waals surface area (Å²) in [5.74, 6) is 0. The van der Waals surface area contributed by atoms with Crippen LogP contribution in [-0.4, -0.2) is 23.2 Å². The lowest BCUT2D eigenvalue weighted by molar-refractivity contribution is 0.312. The molecule has 1 aromatic rings. The Balaban J connectivity index is 2.28. The average molecular weight is 262 g/mol. The van der Waals surface area contributed by atoms with Crippen LogP contribution in [0.25, 0.3) is 5.47 Å². The predicted molar refractivity (Wildman–Crippen MR) is 81.8 cm³/mol. The number of allylic oxidation sites excluding steroid dienone is 1. The molecule has 96 valence electrons. The zero-order chi connectivity index (χ0) is 13.3. The minimum Gasteiger partial charge on any atom is -0.320 e. The minimum absolute atomic E-state index is 0.0337. The van der Waals surface area contributed by atoms with E-state index in [0.717, 1.165) is 6.42 Å². The molecule has 0 aliphatic heterocycles. The number of halogens is 1. The highest BCUT2D eigenvalue weighted by atomic mass is 35.5. The topological polar surface area (TPSA) is 3.24 Å². The molecule has 0 fully saturated rings. The zero-order valence-corrected chi connectivity index (χ0v) is 12.4. The number of benzene rings is 1. The summed E-state index contributed by atoms with van der Waals surface area (Å²) in [4.78, 5) is 2.36. The van der Waals surface area contributed by atoms with Crippen LogP contribution in [0.15, 0.2) is 30.3 Å². The van der Waals surface area contributed by atoms with E-state index in [9.17, 15) is 0 Å². The van der Waals surface area contributed by atoms with Crippen LogP contribution >= 0.6 is 11.5 Å². The lowest BCUT2D eigenvalue weighted by Crippen LogP contribution is -2.46. The number of hydrogen-bond donors (Lipinski definition) is 0. The van der Waals surface area contributed by atoms with Gasteiger partial charge in [-0.05, 0) is 35.1 Å². The molecule has 0 N–H and O–H groups in total. The molecular weight excluding hydrogens is 240 g/mol. The third kappa shape index (κ3) is 2.50. The van der Waals surface area contributed by atoms with Crippen molar-refractivity contribution in [2.45, 2.75) is 46.2 Å². The van der Waals surface area contributed by atoms with E-state index in [1.807, 2.05) is 0 Å². The molecule has 0 unspecified atom stereocenters. The molecular formula is C15H21BClN. The molecule has 0 spiro atoms. The summed E-state index contributed by atoms with van der Waals surface area (Å²) in [5.41, 5.74) is 3.99. The molecule has 0 saturated carbocycles. The van der Waals surface area contributed by atoms with E-state index in [-0.39, 0.29) is 6.26 Å². The lowest BCUT2D eigenvalue weighted by atomic mass is 9.73. The molecule has 0 saturated heterocycles. The van der Waals surface area contributed by atoms with Crippen molar-refractivity contribution >= 4 is 23.2 Å². The van der Waals surface area contributed by atoms with E-state index >= 15 is 0 Å². The Labute approximate surface area is 116 Å². The highest BCUT2D eigenvalue weighted by Crippen LogP contribution is 2.32. The van der Waals surface area contributed by atoms with E-state index in [0.29, 0.717) is 12.1 Å². The molecule has 3 heteroatoms. The average Bonchev–Trinajstić information content (AvgIpc) is 2.71. The van der Waals surface area contributed by atoms with Crippen molar-refractivity contribution in [3.8, 4) is 0 Å². The Bertz CT molecular complexity index is 446. The summed E-state index contributed by atoms with van der Waals surface area (Å²) in [6.45, 7) is 8.82. The molecule has 1 aliphatic rings. The van der Waals surface area contributed by atoms with Crippen molar-refractivity contribution in [2.75, 3.05) is 0 Å². The molecule has 1 aromatic carbocycles. The van der Waals surface area contributed by atoms with Gasteiger partial charge < -0.3 is 4.81 Å². The van der Waals surface area contributed by atoms with Crippen molar-refractivity contribution in [2.24, 2.45) is 0 Å². The number of fused-ring (bicyclic) bond motifs is 1. The maximum absolute atomic E-state index is 6.73. The van der Waals surface area contributed by atoms with Crippen LogP contribution < -0.4 is 0 Å².